The summed E-state index contributed by atoms with van der Waals surface area (Å²) in [6.07, 6.45) is -1.000. The second kappa shape index (κ2) is 8.47. The molecule has 0 fully saturated rings. The second-order valence-electron chi connectivity index (χ2n) is 8.87. The molecule has 3 atom stereocenters. The van der Waals surface area contributed by atoms with E-state index in [2.05, 4.69) is 28.7 Å². The zero-order valence-corrected chi connectivity index (χ0v) is 19.1. The fourth-order valence-corrected chi connectivity index (χ4v) is 6.12. The average Bonchev–Trinajstić information content (AvgIpc) is 3.38. The van der Waals surface area contributed by atoms with Gasteiger partial charge in [0, 0.05) is 11.3 Å². The highest BCUT2D eigenvalue weighted by molar-refractivity contribution is 7.16. The molecule has 2 aromatic heterocycles. The first-order chi connectivity index (χ1) is 16.3. The lowest BCUT2D eigenvalue weighted by molar-refractivity contribution is -0.173. The third-order valence-corrected chi connectivity index (χ3v) is 7.71. The number of amides is 1. The van der Waals surface area contributed by atoms with Crippen LogP contribution in [0.4, 0.5) is 24.0 Å². The Labute approximate surface area is 198 Å². The molecule has 0 radical (unpaired) electrons. The first-order valence-electron chi connectivity index (χ1n) is 11.1. The molecule has 34 heavy (non-hydrogen) atoms. The van der Waals surface area contributed by atoms with Gasteiger partial charge in [-0.2, -0.15) is 23.5 Å². The number of nitrogens with one attached hydrogen (secondary N) is 2. The van der Waals surface area contributed by atoms with E-state index >= 15 is 0 Å². The van der Waals surface area contributed by atoms with Gasteiger partial charge in [0.25, 0.3) is 5.91 Å². The van der Waals surface area contributed by atoms with Gasteiger partial charge in [-0.15, -0.1) is 11.3 Å². The van der Waals surface area contributed by atoms with Crippen molar-refractivity contribution < 1.29 is 18.0 Å². The van der Waals surface area contributed by atoms with Crippen molar-refractivity contribution in [1.82, 2.24) is 9.78 Å². The normalized spacial score (nSPS) is 21.7. The van der Waals surface area contributed by atoms with Gasteiger partial charge in [-0.3, -0.25) is 4.79 Å². The van der Waals surface area contributed by atoms with Gasteiger partial charge in [0.1, 0.15) is 22.5 Å². The number of thiophene rings is 1. The molecule has 10 heteroatoms. The lowest BCUT2D eigenvalue weighted by Gasteiger charge is -2.34. The third-order valence-electron chi connectivity index (χ3n) is 6.54. The Balaban J connectivity index is 1.48. The molecule has 176 valence electrons. The van der Waals surface area contributed by atoms with Crippen LogP contribution in [0.5, 0.6) is 0 Å². The minimum atomic E-state index is -4.53. The number of anilines is 2. The Hall–Kier alpha value is -3.32. The summed E-state index contributed by atoms with van der Waals surface area (Å²) < 4.78 is 42.6. The Kier molecular flexibility index (Phi) is 5.60. The molecule has 1 aliphatic carbocycles. The van der Waals surface area contributed by atoms with Crippen molar-refractivity contribution in [2.24, 2.45) is 5.92 Å². The molecular formula is C24H22F3N5OS. The van der Waals surface area contributed by atoms with Gasteiger partial charge in [-0.05, 0) is 36.3 Å². The molecule has 0 spiro atoms. The SMILES string of the molecule is C[C@@H]1CCc2c(sc(NC(=O)c3cnn4c3N[C@@H](c3ccccc3)C[C@H]4C(F)(F)F)c2C#N)C1. The number of nitrogens with zero attached hydrogens (tertiary/aromatic N) is 3. The topological polar surface area (TPSA) is 82.7 Å². The van der Waals surface area contributed by atoms with E-state index in [1.165, 1.54) is 11.3 Å². The number of hydrogen-bond acceptors (Lipinski definition) is 5. The van der Waals surface area contributed by atoms with Crippen molar-refractivity contribution >= 4 is 28.1 Å². The van der Waals surface area contributed by atoms with Crippen molar-refractivity contribution in [3.63, 3.8) is 0 Å². The minimum Gasteiger partial charge on any atom is -0.363 e. The quantitative estimate of drug-likeness (QED) is 0.487. The van der Waals surface area contributed by atoms with E-state index in [4.69, 9.17) is 0 Å². The molecular weight excluding hydrogens is 463 g/mol. The number of rotatable bonds is 3. The van der Waals surface area contributed by atoms with Crippen LogP contribution < -0.4 is 10.6 Å². The Morgan fingerprint density at radius 3 is 2.79 bits per heavy atom. The number of hydrogen-bond donors (Lipinski definition) is 2. The molecule has 3 heterocycles. The molecule has 0 saturated carbocycles. The Bertz CT molecular complexity index is 1270. The minimum absolute atomic E-state index is 0.0125. The van der Waals surface area contributed by atoms with E-state index in [1.54, 1.807) is 30.3 Å². The zero-order valence-electron chi connectivity index (χ0n) is 18.3. The van der Waals surface area contributed by atoms with Crippen LogP contribution in [0.2, 0.25) is 0 Å². The summed E-state index contributed by atoms with van der Waals surface area (Å²) in [5.74, 6) is -0.0673. The van der Waals surface area contributed by atoms with Crippen molar-refractivity contribution in [2.75, 3.05) is 10.6 Å². The molecule has 2 N–H and O–H groups in total. The predicted octanol–water partition coefficient (Wildman–Crippen LogP) is 5.85. The number of benzene rings is 1. The summed E-state index contributed by atoms with van der Waals surface area (Å²) in [6.45, 7) is 2.15. The summed E-state index contributed by atoms with van der Waals surface area (Å²) >= 11 is 1.37. The van der Waals surface area contributed by atoms with E-state index in [-0.39, 0.29) is 17.8 Å². The largest absolute Gasteiger partial charge is 0.410 e. The van der Waals surface area contributed by atoms with Gasteiger partial charge in [-0.1, -0.05) is 37.3 Å². The van der Waals surface area contributed by atoms with Crippen molar-refractivity contribution in [3.05, 3.63) is 63.7 Å². The maximum absolute atomic E-state index is 13.9. The summed E-state index contributed by atoms with van der Waals surface area (Å²) in [5.41, 5.74) is 2.13. The molecule has 1 aromatic carbocycles. The number of halogens is 3. The lowest BCUT2D eigenvalue weighted by atomic mass is 9.88. The molecule has 2 aliphatic rings. The van der Waals surface area contributed by atoms with E-state index in [0.29, 0.717) is 22.0 Å². The molecule has 5 rings (SSSR count). The summed E-state index contributed by atoms with van der Waals surface area (Å²) in [4.78, 5) is 14.3. The highest BCUT2D eigenvalue weighted by atomic mass is 32.1. The molecule has 1 amide bonds. The first-order valence-corrected chi connectivity index (χ1v) is 11.9. The fraction of sp³-hybridized carbons (Fsp3) is 0.375. The van der Waals surface area contributed by atoms with Gasteiger partial charge in [0.05, 0.1) is 17.8 Å². The van der Waals surface area contributed by atoms with E-state index < -0.39 is 24.2 Å². The average molecular weight is 486 g/mol. The van der Waals surface area contributed by atoms with Crippen LogP contribution >= 0.6 is 11.3 Å². The van der Waals surface area contributed by atoms with E-state index in [0.717, 1.165) is 40.6 Å². The van der Waals surface area contributed by atoms with Crippen LogP contribution in [0.3, 0.4) is 0 Å². The van der Waals surface area contributed by atoms with Crippen LogP contribution in [0.15, 0.2) is 36.5 Å². The summed E-state index contributed by atoms with van der Waals surface area (Å²) in [7, 11) is 0. The zero-order chi connectivity index (χ0) is 24.0. The van der Waals surface area contributed by atoms with Crippen molar-refractivity contribution in [3.8, 4) is 6.07 Å². The third kappa shape index (κ3) is 3.94. The van der Waals surface area contributed by atoms with Gasteiger partial charge in [0.15, 0.2) is 6.04 Å². The summed E-state index contributed by atoms with van der Waals surface area (Å²) in [6, 6.07) is 8.55. The van der Waals surface area contributed by atoms with Crippen molar-refractivity contribution in [2.45, 2.75) is 50.9 Å². The second-order valence-corrected chi connectivity index (χ2v) is 9.98. The molecule has 6 nitrogen and oxygen atoms in total. The van der Waals surface area contributed by atoms with Crippen molar-refractivity contribution in [1.29, 1.82) is 5.26 Å². The van der Waals surface area contributed by atoms with E-state index in [1.807, 2.05) is 0 Å². The smallest absolute Gasteiger partial charge is 0.363 e. The standard InChI is InChI=1S/C24H22F3N5OS/c1-13-7-8-15-16(11-28)23(34-19(15)9-13)31-22(33)17-12-29-32-20(24(25,26)27)10-18(30-21(17)32)14-5-3-2-4-6-14/h2-6,12-13,18,20,30H,7-10H2,1H3,(H,31,33)/t13-,18-,20+/m1/s1. The number of aromatic nitrogens is 2. The molecule has 0 unspecified atom stereocenters. The number of fused-ring (bicyclic) bond motifs is 2. The molecule has 0 saturated heterocycles. The fourth-order valence-electron chi connectivity index (χ4n) is 4.76. The Morgan fingerprint density at radius 2 is 2.09 bits per heavy atom. The van der Waals surface area contributed by atoms with Crippen LogP contribution in [0.25, 0.3) is 0 Å². The van der Waals surface area contributed by atoms with Crippen LogP contribution in [-0.2, 0) is 12.8 Å². The van der Waals surface area contributed by atoms with E-state index in [9.17, 15) is 23.2 Å². The maximum Gasteiger partial charge on any atom is 0.410 e. The molecule has 1 aliphatic heterocycles. The molecule has 0 bridgehead atoms. The predicted molar refractivity (Wildman–Crippen MR) is 123 cm³/mol. The first kappa shape index (κ1) is 22.5. The number of alkyl halides is 3. The van der Waals surface area contributed by atoms with Gasteiger partial charge in [-0.25, -0.2) is 4.68 Å². The van der Waals surface area contributed by atoms with Gasteiger partial charge in [0.2, 0.25) is 0 Å². The highest BCUT2D eigenvalue weighted by Crippen LogP contribution is 2.45. The number of nitriles is 1. The number of carbonyl (C=O) groups excluding carboxylic acids is 1. The van der Waals surface area contributed by atoms with Gasteiger partial charge >= 0.3 is 6.18 Å². The van der Waals surface area contributed by atoms with Crippen LogP contribution in [0.1, 0.15) is 63.8 Å². The molecule has 3 aromatic rings. The summed E-state index contributed by atoms with van der Waals surface area (Å²) in [5, 5.41) is 19.9. The lowest BCUT2D eigenvalue weighted by Crippen LogP contribution is -2.36. The van der Waals surface area contributed by atoms with Crippen LogP contribution in [-0.4, -0.2) is 21.9 Å². The monoisotopic (exact) mass is 485 g/mol. The Morgan fingerprint density at radius 1 is 1.32 bits per heavy atom. The highest BCUT2D eigenvalue weighted by Gasteiger charge is 2.47. The maximum atomic E-state index is 13.9. The number of carbonyl (C=O) groups is 1. The van der Waals surface area contributed by atoms with Gasteiger partial charge < -0.3 is 10.6 Å². The van der Waals surface area contributed by atoms with Crippen LogP contribution in [0, 0.1) is 17.2 Å².